The molecule has 168 valence electrons. The van der Waals surface area contributed by atoms with Gasteiger partial charge in [0.15, 0.2) is 12.6 Å². The van der Waals surface area contributed by atoms with Gasteiger partial charge in [-0.3, -0.25) is 0 Å². The van der Waals surface area contributed by atoms with E-state index in [1.54, 1.807) is 0 Å². The molecule has 0 aliphatic carbocycles. The fourth-order valence-corrected chi connectivity index (χ4v) is 3.73. The van der Waals surface area contributed by atoms with Crippen LogP contribution < -0.4 is 15.2 Å². The quantitative estimate of drug-likeness (QED) is 0.616. The van der Waals surface area contributed by atoms with Gasteiger partial charge < -0.3 is 34.2 Å². The van der Waals surface area contributed by atoms with Crippen molar-refractivity contribution in [2.45, 2.75) is 44.5 Å². The average Bonchev–Trinajstić information content (AvgIpc) is 3.52. The first-order valence-electron chi connectivity index (χ1n) is 10.9. The normalized spacial score (nSPS) is 19.4. The molecule has 4 rings (SSSR count). The van der Waals surface area contributed by atoms with Gasteiger partial charge in [-0.1, -0.05) is 31.2 Å². The summed E-state index contributed by atoms with van der Waals surface area (Å²) < 4.78 is 34.4. The molecule has 2 aromatic rings. The summed E-state index contributed by atoms with van der Waals surface area (Å²) >= 11 is 0. The second kappa shape index (κ2) is 10.9. The van der Waals surface area contributed by atoms with Crippen LogP contribution in [0.15, 0.2) is 48.5 Å². The van der Waals surface area contributed by atoms with Gasteiger partial charge in [0.2, 0.25) is 0 Å². The lowest BCUT2D eigenvalue weighted by molar-refractivity contribution is -0.0444. The van der Waals surface area contributed by atoms with E-state index in [9.17, 15) is 0 Å². The highest BCUT2D eigenvalue weighted by molar-refractivity contribution is 5.30. The third-order valence-electron chi connectivity index (χ3n) is 5.39. The van der Waals surface area contributed by atoms with Crippen LogP contribution in [0.5, 0.6) is 11.5 Å². The highest BCUT2D eigenvalue weighted by atomic mass is 16.7. The Bertz CT molecular complexity index is 819. The van der Waals surface area contributed by atoms with Crippen molar-refractivity contribution in [3.63, 3.8) is 0 Å². The first-order chi connectivity index (χ1) is 15.2. The Morgan fingerprint density at radius 2 is 1.42 bits per heavy atom. The zero-order valence-electron chi connectivity index (χ0n) is 17.9. The Hall–Kier alpha value is -2.16. The van der Waals surface area contributed by atoms with Crippen molar-refractivity contribution in [1.29, 1.82) is 0 Å². The minimum absolute atomic E-state index is 0.115. The fourth-order valence-electron chi connectivity index (χ4n) is 3.73. The molecule has 2 aromatic carbocycles. The SMILES string of the molecule is CCC(Oc1cccc(C2OCCO2)c1)C(N)CCOc1cccc(C2OCCO2)c1. The largest absolute Gasteiger partial charge is 0.494 e. The molecule has 2 aliphatic rings. The van der Waals surface area contributed by atoms with Gasteiger partial charge in [0.05, 0.1) is 33.0 Å². The minimum atomic E-state index is -0.318. The van der Waals surface area contributed by atoms with Crippen LogP contribution >= 0.6 is 0 Å². The third-order valence-corrected chi connectivity index (χ3v) is 5.39. The van der Waals surface area contributed by atoms with Crippen LogP contribution in [-0.2, 0) is 18.9 Å². The standard InChI is InChI=1S/C24H31NO6/c1-2-22(31-20-8-4-6-18(16-20)24-29-13-14-30-24)21(25)9-10-26-19-7-3-5-17(15-19)23-27-11-12-28-23/h3-8,15-16,21-24H,2,9-14,25H2,1H3. The van der Waals surface area contributed by atoms with Crippen molar-refractivity contribution >= 4 is 0 Å². The number of rotatable bonds is 10. The summed E-state index contributed by atoms with van der Waals surface area (Å²) in [6.45, 7) is 5.03. The van der Waals surface area contributed by atoms with Crippen LogP contribution in [-0.4, -0.2) is 45.2 Å². The van der Waals surface area contributed by atoms with E-state index in [0.29, 0.717) is 39.5 Å². The Kier molecular flexibility index (Phi) is 7.77. The molecule has 0 spiro atoms. The first kappa shape index (κ1) is 22.0. The molecule has 0 aromatic heterocycles. The topological polar surface area (TPSA) is 81.4 Å². The molecule has 2 fully saturated rings. The van der Waals surface area contributed by atoms with E-state index in [2.05, 4.69) is 6.92 Å². The monoisotopic (exact) mass is 429 g/mol. The second-order valence-corrected chi connectivity index (χ2v) is 7.66. The third kappa shape index (κ3) is 5.96. The highest BCUT2D eigenvalue weighted by Crippen LogP contribution is 2.28. The van der Waals surface area contributed by atoms with Crippen molar-refractivity contribution in [3.8, 4) is 11.5 Å². The van der Waals surface area contributed by atoms with Crippen LogP contribution in [0.25, 0.3) is 0 Å². The van der Waals surface area contributed by atoms with Crippen LogP contribution in [0.4, 0.5) is 0 Å². The lowest BCUT2D eigenvalue weighted by atomic mass is 10.1. The van der Waals surface area contributed by atoms with E-state index in [4.69, 9.17) is 34.2 Å². The van der Waals surface area contributed by atoms with Crippen LogP contribution in [0.2, 0.25) is 0 Å². The number of nitrogens with two attached hydrogens (primary N) is 1. The summed E-state index contributed by atoms with van der Waals surface area (Å²) in [5.74, 6) is 1.55. The molecular formula is C24H31NO6. The lowest BCUT2D eigenvalue weighted by Crippen LogP contribution is -2.39. The summed E-state index contributed by atoms with van der Waals surface area (Å²) in [7, 11) is 0. The van der Waals surface area contributed by atoms with Gasteiger partial charge in [-0.15, -0.1) is 0 Å². The predicted octanol–water partition coefficient (Wildman–Crippen LogP) is 3.73. The molecule has 0 bridgehead atoms. The van der Waals surface area contributed by atoms with Gasteiger partial charge in [0, 0.05) is 23.6 Å². The maximum atomic E-state index is 6.44. The maximum Gasteiger partial charge on any atom is 0.184 e. The molecule has 0 amide bonds. The Balaban J connectivity index is 1.28. The second-order valence-electron chi connectivity index (χ2n) is 7.66. The van der Waals surface area contributed by atoms with E-state index in [1.807, 2.05) is 48.5 Å². The lowest BCUT2D eigenvalue weighted by Gasteiger charge is -2.24. The van der Waals surface area contributed by atoms with Crippen molar-refractivity contribution in [3.05, 3.63) is 59.7 Å². The van der Waals surface area contributed by atoms with Crippen LogP contribution in [0, 0.1) is 0 Å². The zero-order chi connectivity index (χ0) is 21.5. The predicted molar refractivity (Wildman–Crippen MR) is 115 cm³/mol. The smallest absolute Gasteiger partial charge is 0.184 e. The summed E-state index contributed by atoms with van der Waals surface area (Å²) in [5, 5.41) is 0. The molecule has 2 N–H and O–H groups in total. The van der Waals surface area contributed by atoms with E-state index >= 15 is 0 Å². The van der Waals surface area contributed by atoms with E-state index in [0.717, 1.165) is 29.0 Å². The Morgan fingerprint density at radius 3 is 2.00 bits per heavy atom. The van der Waals surface area contributed by atoms with Gasteiger partial charge in [0.25, 0.3) is 0 Å². The van der Waals surface area contributed by atoms with Gasteiger partial charge >= 0.3 is 0 Å². The van der Waals surface area contributed by atoms with E-state index in [1.165, 1.54) is 0 Å². The number of hydrogen-bond acceptors (Lipinski definition) is 7. The molecule has 0 radical (unpaired) electrons. The van der Waals surface area contributed by atoms with Gasteiger partial charge in [-0.05, 0) is 30.7 Å². The Morgan fingerprint density at radius 1 is 0.871 bits per heavy atom. The van der Waals surface area contributed by atoms with Gasteiger partial charge in [-0.25, -0.2) is 0 Å². The molecule has 2 unspecified atom stereocenters. The van der Waals surface area contributed by atoms with Crippen molar-refractivity contribution in [2.75, 3.05) is 33.0 Å². The van der Waals surface area contributed by atoms with Crippen molar-refractivity contribution in [2.24, 2.45) is 5.73 Å². The molecule has 31 heavy (non-hydrogen) atoms. The van der Waals surface area contributed by atoms with E-state index in [-0.39, 0.29) is 24.7 Å². The summed E-state index contributed by atoms with van der Waals surface area (Å²) in [6, 6.07) is 15.5. The molecule has 2 aliphatic heterocycles. The molecule has 7 heteroatoms. The minimum Gasteiger partial charge on any atom is -0.494 e. The number of benzene rings is 2. The average molecular weight is 430 g/mol. The number of ether oxygens (including phenoxy) is 6. The molecule has 2 atom stereocenters. The molecule has 2 saturated heterocycles. The van der Waals surface area contributed by atoms with Crippen LogP contribution in [0.1, 0.15) is 43.5 Å². The zero-order valence-corrected chi connectivity index (χ0v) is 17.9. The molecule has 0 saturated carbocycles. The first-order valence-corrected chi connectivity index (χ1v) is 10.9. The summed E-state index contributed by atoms with van der Waals surface area (Å²) in [5.41, 5.74) is 8.35. The van der Waals surface area contributed by atoms with Gasteiger partial charge in [-0.2, -0.15) is 0 Å². The molecule has 2 heterocycles. The summed E-state index contributed by atoms with van der Waals surface area (Å²) in [6.07, 6.45) is 0.735. The van der Waals surface area contributed by atoms with Gasteiger partial charge in [0.1, 0.15) is 17.6 Å². The molecule has 7 nitrogen and oxygen atoms in total. The fraction of sp³-hybridized carbons (Fsp3) is 0.500. The highest BCUT2D eigenvalue weighted by Gasteiger charge is 2.22. The van der Waals surface area contributed by atoms with Crippen molar-refractivity contribution < 1.29 is 28.4 Å². The van der Waals surface area contributed by atoms with Crippen LogP contribution in [0.3, 0.4) is 0 Å². The molecular weight excluding hydrogens is 398 g/mol. The van der Waals surface area contributed by atoms with Crippen molar-refractivity contribution in [1.82, 2.24) is 0 Å². The maximum absolute atomic E-state index is 6.44. The number of hydrogen-bond donors (Lipinski definition) is 1. The van der Waals surface area contributed by atoms with E-state index < -0.39 is 0 Å². The Labute approximate surface area is 183 Å². The summed E-state index contributed by atoms with van der Waals surface area (Å²) in [4.78, 5) is 0.